The fourth-order valence-corrected chi connectivity index (χ4v) is 2.48. The second kappa shape index (κ2) is 12.6. The van der Waals surface area contributed by atoms with Crippen LogP contribution < -0.4 is 21.1 Å². The number of amides is 1. The minimum atomic E-state index is -3.54. The fourth-order valence-electron chi connectivity index (χ4n) is 2.09. The van der Waals surface area contributed by atoms with Crippen molar-refractivity contribution in [3.8, 4) is 0 Å². The average Bonchev–Trinajstić information content (AvgIpc) is 2.48. The Morgan fingerprint density at radius 3 is 2.07 bits per heavy atom. The summed E-state index contributed by atoms with van der Waals surface area (Å²) in [5, 5.41) is 13.9. The zero-order valence-electron chi connectivity index (χ0n) is 17.2. The predicted molar refractivity (Wildman–Crippen MR) is 120 cm³/mol. The Bertz CT molecular complexity index is 572. The topological polar surface area (TPSA) is 135 Å². The molecule has 0 bridgehead atoms. The maximum atomic E-state index is 12.2. The van der Waals surface area contributed by atoms with Crippen LogP contribution in [0.25, 0.3) is 0 Å². The molecule has 0 aliphatic heterocycles. The van der Waals surface area contributed by atoms with E-state index in [1.165, 1.54) is 0 Å². The number of alkyl carbamates (subject to hydrolysis) is 1. The summed E-state index contributed by atoms with van der Waals surface area (Å²) in [6, 6.07) is 0. The standard InChI is InChI=1S/C16H35N5O4S.HI/c1-7-16(8-2,21-14(22)25-15(4,5)6)12-20-13(18-9-3)19-10-11-26(17,23)24;/h7-12H2,1-6H3,(H,21,22)(H2,17,23,24)(H2,18,19,20);1H. The lowest BCUT2D eigenvalue weighted by Gasteiger charge is -2.32. The second-order valence-corrected chi connectivity index (χ2v) is 8.84. The van der Waals surface area contributed by atoms with Gasteiger partial charge in [-0.05, 0) is 40.5 Å². The average molecular weight is 521 g/mol. The van der Waals surface area contributed by atoms with E-state index in [9.17, 15) is 13.2 Å². The summed E-state index contributed by atoms with van der Waals surface area (Å²) in [5.41, 5.74) is -1.13. The smallest absolute Gasteiger partial charge is 0.408 e. The van der Waals surface area contributed by atoms with E-state index in [2.05, 4.69) is 20.9 Å². The molecule has 1 amide bonds. The maximum absolute atomic E-state index is 12.2. The molecule has 9 nitrogen and oxygen atoms in total. The van der Waals surface area contributed by atoms with Gasteiger partial charge in [0.25, 0.3) is 0 Å². The van der Waals surface area contributed by atoms with Crippen molar-refractivity contribution >= 4 is 46.1 Å². The minimum absolute atomic E-state index is 0. The molecule has 0 radical (unpaired) electrons. The highest BCUT2D eigenvalue weighted by Gasteiger charge is 2.30. The number of guanidine groups is 1. The van der Waals surface area contributed by atoms with Gasteiger partial charge >= 0.3 is 6.09 Å². The third-order valence-electron chi connectivity index (χ3n) is 3.68. The van der Waals surface area contributed by atoms with E-state index in [0.717, 1.165) is 0 Å². The van der Waals surface area contributed by atoms with Crippen LogP contribution in [0, 0.1) is 0 Å². The molecule has 0 aromatic carbocycles. The van der Waals surface area contributed by atoms with Gasteiger partial charge in [0, 0.05) is 13.1 Å². The Morgan fingerprint density at radius 2 is 1.67 bits per heavy atom. The Morgan fingerprint density at radius 1 is 1.11 bits per heavy atom. The summed E-state index contributed by atoms with van der Waals surface area (Å²) >= 11 is 0. The first-order valence-electron chi connectivity index (χ1n) is 8.90. The van der Waals surface area contributed by atoms with Gasteiger partial charge in [0.1, 0.15) is 5.60 Å². The van der Waals surface area contributed by atoms with Gasteiger partial charge in [-0.15, -0.1) is 24.0 Å². The molecule has 0 saturated carbocycles. The van der Waals surface area contributed by atoms with Crippen molar-refractivity contribution in [1.29, 1.82) is 0 Å². The lowest BCUT2D eigenvalue weighted by molar-refractivity contribution is 0.0452. The van der Waals surface area contributed by atoms with E-state index >= 15 is 0 Å². The van der Waals surface area contributed by atoms with Gasteiger partial charge in [0.15, 0.2) is 5.96 Å². The van der Waals surface area contributed by atoms with E-state index in [4.69, 9.17) is 9.88 Å². The Hall–Kier alpha value is -0.820. The van der Waals surface area contributed by atoms with Crippen LogP contribution in [-0.2, 0) is 14.8 Å². The van der Waals surface area contributed by atoms with Gasteiger partial charge in [0.2, 0.25) is 10.0 Å². The van der Waals surface area contributed by atoms with Crippen LogP contribution in [-0.4, -0.2) is 57.0 Å². The molecule has 0 unspecified atom stereocenters. The molecule has 0 aliphatic rings. The van der Waals surface area contributed by atoms with Crippen molar-refractivity contribution < 1.29 is 17.9 Å². The molecular weight excluding hydrogens is 485 g/mol. The molecule has 0 rings (SSSR count). The fraction of sp³-hybridized carbons (Fsp3) is 0.875. The molecule has 0 spiro atoms. The summed E-state index contributed by atoms with van der Waals surface area (Å²) in [6.45, 7) is 12.4. The van der Waals surface area contributed by atoms with Crippen molar-refractivity contribution in [3.63, 3.8) is 0 Å². The number of carbonyl (C=O) groups excluding carboxylic acids is 1. The van der Waals surface area contributed by atoms with Crippen molar-refractivity contribution in [2.45, 2.75) is 65.5 Å². The molecular formula is C16H36IN5O4S. The molecule has 11 heteroatoms. The quantitative estimate of drug-likeness (QED) is 0.207. The highest BCUT2D eigenvalue weighted by Crippen LogP contribution is 2.17. The lowest BCUT2D eigenvalue weighted by Crippen LogP contribution is -2.52. The summed E-state index contributed by atoms with van der Waals surface area (Å²) in [5.74, 6) is 0.272. The number of halogens is 1. The number of sulfonamides is 1. The molecule has 0 atom stereocenters. The van der Waals surface area contributed by atoms with Crippen LogP contribution in [0.5, 0.6) is 0 Å². The summed E-state index contributed by atoms with van der Waals surface area (Å²) in [6.07, 6.45) is 0.856. The largest absolute Gasteiger partial charge is 0.444 e. The van der Waals surface area contributed by atoms with Gasteiger partial charge < -0.3 is 20.7 Å². The minimum Gasteiger partial charge on any atom is -0.444 e. The number of nitrogens with zero attached hydrogens (tertiary/aromatic N) is 1. The van der Waals surface area contributed by atoms with Gasteiger partial charge in [-0.2, -0.15) is 0 Å². The number of aliphatic imine (C=N–C) groups is 1. The molecule has 27 heavy (non-hydrogen) atoms. The third-order valence-corrected chi connectivity index (χ3v) is 4.46. The molecule has 0 aromatic rings. The highest BCUT2D eigenvalue weighted by molar-refractivity contribution is 14.0. The molecule has 0 saturated heterocycles. The molecule has 162 valence electrons. The number of primary sulfonamides is 1. The van der Waals surface area contributed by atoms with E-state index in [-0.39, 0.29) is 36.3 Å². The lowest BCUT2D eigenvalue weighted by atomic mass is 9.93. The first-order valence-corrected chi connectivity index (χ1v) is 10.6. The SMILES string of the molecule is CCNC(=NCC(CC)(CC)NC(=O)OC(C)(C)C)NCCS(N)(=O)=O.I. The Kier molecular flexibility index (Phi) is 13.3. The molecule has 0 fully saturated rings. The second-order valence-electron chi connectivity index (χ2n) is 7.10. The van der Waals surface area contributed by atoms with Crippen LogP contribution in [0.4, 0.5) is 4.79 Å². The maximum Gasteiger partial charge on any atom is 0.408 e. The van der Waals surface area contributed by atoms with E-state index in [1.54, 1.807) is 0 Å². The zero-order valence-corrected chi connectivity index (χ0v) is 20.4. The van der Waals surface area contributed by atoms with Gasteiger partial charge in [-0.25, -0.2) is 18.4 Å². The summed E-state index contributed by atoms with van der Waals surface area (Å²) in [7, 11) is -3.54. The van der Waals surface area contributed by atoms with Gasteiger partial charge in [-0.3, -0.25) is 4.99 Å². The van der Waals surface area contributed by atoms with E-state index < -0.39 is 27.3 Å². The number of nitrogens with one attached hydrogen (secondary N) is 3. The first kappa shape index (κ1) is 28.4. The molecule has 5 N–H and O–H groups in total. The normalized spacial score (nSPS) is 12.8. The van der Waals surface area contributed by atoms with Gasteiger partial charge in [0.05, 0.1) is 17.8 Å². The van der Waals surface area contributed by atoms with Crippen molar-refractivity contribution in [2.75, 3.05) is 25.4 Å². The number of carbonyl (C=O) groups is 1. The Balaban J connectivity index is 0. The van der Waals surface area contributed by atoms with Crippen molar-refractivity contribution in [2.24, 2.45) is 10.1 Å². The summed E-state index contributed by atoms with van der Waals surface area (Å²) in [4.78, 5) is 16.6. The van der Waals surface area contributed by atoms with Crippen LogP contribution in [0.1, 0.15) is 54.4 Å². The van der Waals surface area contributed by atoms with Crippen molar-refractivity contribution in [1.82, 2.24) is 16.0 Å². The molecule has 0 aromatic heterocycles. The van der Waals surface area contributed by atoms with Crippen LogP contribution in [0.3, 0.4) is 0 Å². The predicted octanol–water partition coefficient (Wildman–Crippen LogP) is 1.53. The zero-order chi connectivity index (χ0) is 20.4. The molecule has 0 heterocycles. The Labute approximate surface area is 180 Å². The van der Waals surface area contributed by atoms with Crippen molar-refractivity contribution in [3.05, 3.63) is 0 Å². The van der Waals surface area contributed by atoms with Gasteiger partial charge in [-0.1, -0.05) is 13.8 Å². The number of nitrogens with two attached hydrogens (primary N) is 1. The first-order chi connectivity index (χ1) is 11.9. The summed E-state index contributed by atoms with van der Waals surface area (Å²) < 4.78 is 27.4. The van der Waals surface area contributed by atoms with Crippen LogP contribution in [0.15, 0.2) is 4.99 Å². The van der Waals surface area contributed by atoms with E-state index in [1.807, 2.05) is 41.5 Å². The van der Waals surface area contributed by atoms with Crippen LogP contribution >= 0.6 is 24.0 Å². The monoisotopic (exact) mass is 521 g/mol. The third kappa shape index (κ3) is 13.9. The van der Waals surface area contributed by atoms with Crippen LogP contribution in [0.2, 0.25) is 0 Å². The number of hydrogen-bond donors (Lipinski definition) is 4. The number of rotatable bonds is 9. The number of hydrogen-bond acceptors (Lipinski definition) is 5. The van der Waals surface area contributed by atoms with E-state index in [0.29, 0.717) is 31.9 Å². The molecule has 0 aliphatic carbocycles. The highest BCUT2D eigenvalue weighted by atomic mass is 127. The number of ether oxygens (including phenoxy) is 1.